The van der Waals surface area contributed by atoms with E-state index < -0.39 is 32.8 Å². The Morgan fingerprint density at radius 2 is 1.14 bits per heavy atom. The fourth-order valence-electron chi connectivity index (χ4n) is 11.9. The second-order valence-corrected chi connectivity index (χ2v) is 22.2. The Morgan fingerprint density at radius 3 is 1.80 bits per heavy atom. The molecule has 14 rings (SSSR count). The van der Waals surface area contributed by atoms with Crippen LogP contribution in [0.3, 0.4) is 0 Å². The third-order valence-corrected chi connectivity index (χ3v) is 18.4. The molecule has 0 atom stereocenters. The fraction of sp³-hybridized carbons (Fsp3) is 0.197. The number of rotatable bonds is 4. The molecule has 10 aromatic rings. The van der Waals surface area contributed by atoms with Crippen LogP contribution in [0.4, 0.5) is 0 Å². The maximum Gasteiger partial charge on any atom is 0.195 e. The summed E-state index contributed by atoms with van der Waals surface area (Å²) in [5, 5.41) is 0.380. The van der Waals surface area contributed by atoms with Crippen LogP contribution in [0.2, 0.25) is 13.0 Å². The van der Waals surface area contributed by atoms with Gasteiger partial charge in [-0.25, -0.2) is 4.98 Å². The Kier molecular flexibility index (Phi) is 7.01. The fourth-order valence-corrected chi connectivity index (χ4v) is 15.1. The van der Waals surface area contributed by atoms with Gasteiger partial charge < -0.3 is 4.74 Å². The van der Waals surface area contributed by atoms with Crippen molar-refractivity contribution in [3.63, 3.8) is 0 Å². The minimum Gasteiger partial charge on any atom is -0.457 e. The largest absolute Gasteiger partial charge is 0.457 e. The molecular weight excluding hydrogens is 837 g/mol. The van der Waals surface area contributed by atoms with E-state index >= 15 is 0 Å². The zero-order chi connectivity index (χ0) is 50.5. The van der Waals surface area contributed by atoms with Crippen LogP contribution in [0.15, 0.2) is 158 Å². The van der Waals surface area contributed by atoms with E-state index in [0.717, 1.165) is 119 Å². The summed E-state index contributed by atoms with van der Waals surface area (Å²) < 4.78 is 88.1. The maximum atomic E-state index is 10.3. The van der Waals surface area contributed by atoms with E-state index in [9.17, 15) is 11.0 Å². The molecule has 0 radical (unpaired) electrons. The van der Waals surface area contributed by atoms with Crippen LogP contribution in [0.1, 0.15) is 85.2 Å². The predicted octanol–water partition coefficient (Wildman–Crippen LogP) is 16.3. The second kappa shape index (κ2) is 14.7. The lowest BCUT2D eigenvalue weighted by molar-refractivity contribution is 0.488. The minimum atomic E-state index is -4.93. The van der Waals surface area contributed by atoms with Crippen molar-refractivity contribution in [3.05, 3.63) is 169 Å². The molecule has 3 heterocycles. The number of benzene rings is 8. The molecule has 0 bridgehead atoms. The number of aromatic nitrogens is 2. The Hall–Kier alpha value is -6.53. The van der Waals surface area contributed by atoms with Gasteiger partial charge in [-0.2, -0.15) is 0 Å². The van der Waals surface area contributed by atoms with Gasteiger partial charge in [0.05, 0.1) is 21.3 Å². The van der Waals surface area contributed by atoms with Gasteiger partial charge in [0.25, 0.3) is 0 Å². The number of thiazole rings is 1. The normalized spacial score (nSPS) is 19.4. The number of hydrogen-bond acceptors (Lipinski definition) is 3. The van der Waals surface area contributed by atoms with Crippen molar-refractivity contribution in [2.45, 2.75) is 76.1 Å². The first-order valence-electron chi connectivity index (χ1n) is 27.5. The molecule has 0 saturated heterocycles. The smallest absolute Gasteiger partial charge is 0.195 e. The molecule has 2 saturated carbocycles. The Balaban J connectivity index is 1.03. The Labute approximate surface area is 402 Å². The minimum absolute atomic E-state index is 0.190. The third kappa shape index (κ3) is 5.69. The van der Waals surface area contributed by atoms with Gasteiger partial charge in [-0.3, -0.25) is 4.40 Å². The van der Waals surface area contributed by atoms with Gasteiger partial charge in [-0.15, -0.1) is 0 Å². The summed E-state index contributed by atoms with van der Waals surface area (Å²) in [6.45, 7) is -5.95. The van der Waals surface area contributed by atoms with Gasteiger partial charge in [-0.05, 0) is 151 Å². The van der Waals surface area contributed by atoms with Crippen molar-refractivity contribution >= 4 is 56.0 Å². The molecule has 2 aromatic heterocycles. The summed E-state index contributed by atoms with van der Waals surface area (Å²) in [6, 6.07) is 52.9. The van der Waals surface area contributed by atoms with Crippen LogP contribution in [-0.4, -0.2) is 17.5 Å². The SMILES string of the molecule is [2H]C1(c2cc3c(cc2-c2cccc4c2Oc2ccc(-c5c(C6([2H])CCCC6)ccc6c5sc5nc7ccccc7n56)cc2[Si]4(C([2H])([2H])[2H])C([2H])([2H])[2H])-c2ccccc2-c2ccccc2-c2ccccc2-3)CCCC1. The molecule has 320 valence electrons. The monoisotopic (exact) mass is 894 g/mol. The highest BCUT2D eigenvalue weighted by Gasteiger charge is 2.39. The van der Waals surface area contributed by atoms with E-state index in [4.69, 9.17) is 9.72 Å². The molecule has 0 unspecified atom stereocenters. The highest BCUT2D eigenvalue weighted by atomic mass is 32.1. The zero-order valence-corrected chi connectivity index (χ0v) is 38.2. The van der Waals surface area contributed by atoms with Crippen molar-refractivity contribution in [3.8, 4) is 78.3 Å². The van der Waals surface area contributed by atoms with E-state index in [1.807, 2.05) is 30.3 Å². The molecule has 0 amide bonds. The number of imidazole rings is 1. The number of hydrogen-bond donors (Lipinski definition) is 0. The van der Waals surface area contributed by atoms with E-state index in [1.54, 1.807) is 35.6 Å². The topological polar surface area (TPSA) is 26.5 Å². The second-order valence-electron chi connectivity index (χ2n) is 18.6. The quantitative estimate of drug-likeness (QED) is 0.165. The highest BCUT2D eigenvalue weighted by Crippen LogP contribution is 2.53. The van der Waals surface area contributed by atoms with Gasteiger partial charge in [0.2, 0.25) is 0 Å². The van der Waals surface area contributed by atoms with Gasteiger partial charge in [0.15, 0.2) is 4.96 Å². The number of nitrogens with zero attached hydrogens (tertiary/aromatic N) is 2. The molecule has 3 aliphatic carbocycles. The predicted molar refractivity (Wildman–Crippen MR) is 280 cm³/mol. The summed E-state index contributed by atoms with van der Waals surface area (Å²) >= 11 is 1.54. The molecule has 5 heteroatoms. The summed E-state index contributed by atoms with van der Waals surface area (Å²) in [5.74, 6) is -1.43. The van der Waals surface area contributed by atoms with Gasteiger partial charge >= 0.3 is 0 Å². The van der Waals surface area contributed by atoms with Gasteiger partial charge in [-0.1, -0.05) is 171 Å². The number of para-hydroxylation sites is 3. The molecule has 0 N–H and O–H groups in total. The summed E-state index contributed by atoms with van der Waals surface area (Å²) in [5.41, 5.74) is 15.7. The molecule has 2 fully saturated rings. The molecule has 3 nitrogen and oxygen atoms in total. The van der Waals surface area contributed by atoms with Crippen molar-refractivity contribution in [1.29, 1.82) is 0 Å². The van der Waals surface area contributed by atoms with E-state index in [2.05, 4.69) is 108 Å². The van der Waals surface area contributed by atoms with Crippen LogP contribution < -0.4 is 15.1 Å². The lowest BCUT2D eigenvalue weighted by atomic mass is 9.77. The number of fused-ring (bicyclic) bond motifs is 15. The molecule has 0 spiro atoms. The third-order valence-electron chi connectivity index (χ3n) is 15.0. The van der Waals surface area contributed by atoms with Crippen LogP contribution in [0.25, 0.3) is 93.0 Å². The van der Waals surface area contributed by atoms with Gasteiger partial charge in [0.1, 0.15) is 19.6 Å². The van der Waals surface area contributed by atoms with Crippen molar-refractivity contribution in [2.75, 3.05) is 0 Å². The van der Waals surface area contributed by atoms with Crippen LogP contribution >= 0.6 is 11.3 Å². The summed E-state index contributed by atoms with van der Waals surface area (Å²) in [6.07, 6.45) is 6.28. The summed E-state index contributed by atoms with van der Waals surface area (Å²) in [4.78, 5) is 5.81. The first-order valence-corrected chi connectivity index (χ1v) is 26.3. The number of ether oxygens (including phenoxy) is 1. The van der Waals surface area contributed by atoms with Crippen molar-refractivity contribution in [1.82, 2.24) is 9.38 Å². The van der Waals surface area contributed by atoms with Gasteiger partial charge in [0, 0.05) is 22.1 Å². The average Bonchev–Trinajstić information content (AvgIpc) is 4.23. The lowest BCUT2D eigenvalue weighted by Crippen LogP contribution is -2.56. The summed E-state index contributed by atoms with van der Waals surface area (Å²) in [7, 11) is -4.93. The van der Waals surface area contributed by atoms with E-state index in [-0.39, 0.29) is 21.9 Å². The zero-order valence-electron chi connectivity index (χ0n) is 44.4. The highest BCUT2D eigenvalue weighted by molar-refractivity contribution is 7.24. The van der Waals surface area contributed by atoms with Crippen LogP contribution in [0, 0.1) is 0 Å². The van der Waals surface area contributed by atoms with Crippen LogP contribution in [-0.2, 0) is 0 Å². The molecule has 66 heavy (non-hydrogen) atoms. The molecule has 4 aliphatic rings. The first kappa shape index (κ1) is 31.4. The molecule has 1 aliphatic heterocycles. The molecular formula is C61H50N2OSSi. The molecule has 8 aromatic carbocycles. The first-order chi connectivity index (χ1) is 35.7. The maximum absolute atomic E-state index is 10.3. The Morgan fingerprint density at radius 1 is 0.545 bits per heavy atom. The Bertz CT molecular complexity index is 3980. The average molecular weight is 895 g/mol. The van der Waals surface area contributed by atoms with Crippen molar-refractivity contribution < 1.29 is 15.7 Å². The van der Waals surface area contributed by atoms with E-state index in [1.165, 1.54) is 0 Å². The standard InChI is InChI=1S/C61H50N2OSSi/c1-66(2)56-29-15-26-47(51-36-50-46-25-12-10-23-44(46)42-21-8-7-20-41(42)43-22-9-11-24-45(43)49(50)35-48(51)38-18-5-6-19-38)59(56)64-55-33-30-39(34-57(55)66)58-40(37-16-3-4-17-37)31-32-54-60(58)65-61-62-52-27-13-14-28-53(52)63(54)61/h7-15,20-38H,3-6,16-19H2,1-2H3/i1D3,2D3,37D,38D. The van der Waals surface area contributed by atoms with E-state index in [0.29, 0.717) is 36.8 Å². The van der Waals surface area contributed by atoms with Crippen molar-refractivity contribution in [2.24, 2.45) is 0 Å². The van der Waals surface area contributed by atoms with Crippen LogP contribution in [0.5, 0.6) is 11.5 Å². The lowest BCUT2D eigenvalue weighted by Gasteiger charge is -2.35.